The molecule has 5 nitrogen and oxygen atoms in total. The number of carbonyl (C=O) groups is 1. The zero-order valence-corrected chi connectivity index (χ0v) is 15.2. The van der Waals surface area contributed by atoms with E-state index in [-0.39, 0.29) is 17.8 Å². The van der Waals surface area contributed by atoms with E-state index in [9.17, 15) is 9.18 Å². The van der Waals surface area contributed by atoms with Crippen LogP contribution < -0.4 is 5.32 Å². The molecule has 3 rings (SSSR count). The fraction of sp³-hybridized carbons (Fsp3) is 0.632. The first-order valence-electron chi connectivity index (χ1n) is 9.26. The average molecular weight is 348 g/mol. The standard InChI is InChI=1S/C19H29FN4O/c1-15(19(25)21-17-6-3-5-16(20)13-17)23-9-11-24(12-10-23)18-7-4-8-22(2)14-18/h3,5-6,13,15,18H,4,7-12,14H2,1-2H3,(H,21,25)/t15-,18-/m0/s1. The zero-order valence-electron chi connectivity index (χ0n) is 15.2. The lowest BCUT2D eigenvalue weighted by Gasteiger charge is -2.43. The highest BCUT2D eigenvalue weighted by Crippen LogP contribution is 2.18. The number of likely N-dealkylation sites (N-methyl/N-ethyl adjacent to an activating group) is 1. The molecule has 1 aromatic carbocycles. The Balaban J connectivity index is 1.49. The molecule has 2 atom stereocenters. The number of anilines is 1. The van der Waals surface area contributed by atoms with E-state index in [1.807, 2.05) is 6.92 Å². The van der Waals surface area contributed by atoms with E-state index < -0.39 is 0 Å². The Morgan fingerprint density at radius 1 is 1.24 bits per heavy atom. The lowest BCUT2D eigenvalue weighted by molar-refractivity contribution is -0.121. The van der Waals surface area contributed by atoms with E-state index in [0.29, 0.717) is 11.7 Å². The minimum absolute atomic E-state index is 0.0727. The molecular weight excluding hydrogens is 319 g/mol. The minimum atomic E-state index is -0.337. The predicted molar refractivity (Wildman–Crippen MR) is 98.2 cm³/mol. The van der Waals surface area contributed by atoms with Crippen molar-refractivity contribution in [3.63, 3.8) is 0 Å². The van der Waals surface area contributed by atoms with Gasteiger partial charge in [-0.1, -0.05) is 6.07 Å². The third-order valence-corrected chi connectivity index (χ3v) is 5.48. The summed E-state index contributed by atoms with van der Waals surface area (Å²) in [6.07, 6.45) is 2.55. The van der Waals surface area contributed by atoms with Crippen molar-refractivity contribution in [1.82, 2.24) is 14.7 Å². The van der Waals surface area contributed by atoms with Crippen LogP contribution in [-0.4, -0.2) is 79.0 Å². The van der Waals surface area contributed by atoms with Crippen molar-refractivity contribution < 1.29 is 9.18 Å². The van der Waals surface area contributed by atoms with Gasteiger partial charge in [-0.25, -0.2) is 4.39 Å². The molecule has 2 heterocycles. The van der Waals surface area contributed by atoms with Gasteiger partial charge in [0.05, 0.1) is 6.04 Å². The van der Waals surface area contributed by atoms with Crippen molar-refractivity contribution in [3.05, 3.63) is 30.1 Å². The van der Waals surface area contributed by atoms with Gasteiger partial charge in [0.25, 0.3) is 0 Å². The number of piperazine rings is 1. The van der Waals surface area contributed by atoms with E-state index in [4.69, 9.17) is 0 Å². The van der Waals surface area contributed by atoms with Crippen molar-refractivity contribution in [2.24, 2.45) is 0 Å². The number of likely N-dealkylation sites (tertiary alicyclic amines) is 1. The van der Waals surface area contributed by atoms with Crippen LogP contribution in [0.3, 0.4) is 0 Å². The molecule has 0 bridgehead atoms. The molecule has 2 aliphatic heterocycles. The first-order valence-corrected chi connectivity index (χ1v) is 9.26. The number of hydrogen-bond acceptors (Lipinski definition) is 4. The van der Waals surface area contributed by atoms with E-state index in [2.05, 4.69) is 27.1 Å². The van der Waals surface area contributed by atoms with Gasteiger partial charge >= 0.3 is 0 Å². The van der Waals surface area contributed by atoms with Crippen molar-refractivity contribution in [3.8, 4) is 0 Å². The molecule has 1 aromatic rings. The fourth-order valence-electron chi connectivity index (χ4n) is 3.91. The van der Waals surface area contributed by atoms with Crippen molar-refractivity contribution in [2.45, 2.75) is 31.8 Å². The Kier molecular flexibility index (Phi) is 6.04. The quantitative estimate of drug-likeness (QED) is 0.902. The zero-order chi connectivity index (χ0) is 17.8. The van der Waals surface area contributed by atoms with Crippen LogP contribution in [-0.2, 0) is 4.79 Å². The summed E-state index contributed by atoms with van der Waals surface area (Å²) >= 11 is 0. The molecule has 25 heavy (non-hydrogen) atoms. The molecule has 2 aliphatic rings. The Hall–Kier alpha value is -1.50. The largest absolute Gasteiger partial charge is 0.325 e. The van der Waals surface area contributed by atoms with Crippen LogP contribution in [0.25, 0.3) is 0 Å². The highest BCUT2D eigenvalue weighted by molar-refractivity contribution is 5.94. The lowest BCUT2D eigenvalue weighted by Crippen LogP contribution is -2.57. The summed E-state index contributed by atoms with van der Waals surface area (Å²) < 4.78 is 13.3. The van der Waals surface area contributed by atoms with Crippen LogP contribution in [0, 0.1) is 5.82 Å². The van der Waals surface area contributed by atoms with E-state index in [1.165, 1.54) is 31.5 Å². The molecule has 0 saturated carbocycles. The minimum Gasteiger partial charge on any atom is -0.325 e. The van der Waals surface area contributed by atoms with Gasteiger partial charge < -0.3 is 10.2 Å². The number of benzene rings is 1. The van der Waals surface area contributed by atoms with Crippen LogP contribution in [0.15, 0.2) is 24.3 Å². The van der Waals surface area contributed by atoms with Gasteiger partial charge in [0.1, 0.15) is 5.82 Å². The second-order valence-corrected chi connectivity index (χ2v) is 7.31. The monoisotopic (exact) mass is 348 g/mol. The lowest BCUT2D eigenvalue weighted by atomic mass is 10.0. The first kappa shape index (κ1) is 18.3. The summed E-state index contributed by atoms with van der Waals surface area (Å²) in [7, 11) is 2.20. The molecule has 1 N–H and O–H groups in total. The number of amides is 1. The summed E-state index contributed by atoms with van der Waals surface area (Å²) in [5, 5.41) is 2.82. The van der Waals surface area contributed by atoms with Crippen molar-refractivity contribution >= 4 is 11.6 Å². The Labute approximate surface area is 149 Å². The molecule has 1 amide bonds. The number of nitrogens with one attached hydrogen (secondary N) is 1. The van der Waals surface area contributed by atoms with Gasteiger partial charge in [0, 0.05) is 44.5 Å². The molecule has 6 heteroatoms. The van der Waals surface area contributed by atoms with E-state index >= 15 is 0 Å². The number of carbonyl (C=O) groups excluding carboxylic acids is 1. The topological polar surface area (TPSA) is 38.8 Å². The average Bonchev–Trinajstić information content (AvgIpc) is 2.61. The summed E-state index contributed by atoms with van der Waals surface area (Å²) in [6, 6.07) is 6.49. The van der Waals surface area contributed by atoms with Crippen LogP contribution in [0.2, 0.25) is 0 Å². The molecule has 0 aromatic heterocycles. The van der Waals surface area contributed by atoms with Gasteiger partial charge in [0.2, 0.25) is 5.91 Å². The van der Waals surface area contributed by atoms with Crippen LogP contribution in [0.5, 0.6) is 0 Å². The highest BCUT2D eigenvalue weighted by Gasteiger charge is 2.30. The maximum absolute atomic E-state index is 13.3. The van der Waals surface area contributed by atoms with E-state index in [1.54, 1.807) is 12.1 Å². The van der Waals surface area contributed by atoms with Crippen LogP contribution >= 0.6 is 0 Å². The molecular formula is C19H29FN4O. The Morgan fingerprint density at radius 2 is 2.00 bits per heavy atom. The molecule has 0 aliphatic carbocycles. The number of hydrogen-bond donors (Lipinski definition) is 1. The van der Waals surface area contributed by atoms with Crippen molar-refractivity contribution in [1.29, 1.82) is 0 Å². The van der Waals surface area contributed by atoms with Gasteiger partial charge in [-0.3, -0.25) is 14.6 Å². The van der Waals surface area contributed by atoms with Crippen molar-refractivity contribution in [2.75, 3.05) is 51.6 Å². The van der Waals surface area contributed by atoms with Crippen LogP contribution in [0.1, 0.15) is 19.8 Å². The maximum Gasteiger partial charge on any atom is 0.241 e. The highest BCUT2D eigenvalue weighted by atomic mass is 19.1. The number of halogens is 1. The molecule has 2 saturated heterocycles. The fourth-order valence-corrected chi connectivity index (χ4v) is 3.91. The Bertz CT molecular complexity index is 589. The van der Waals surface area contributed by atoms with Gasteiger partial charge in [-0.05, 0) is 51.6 Å². The SMILES string of the molecule is C[C@@H](C(=O)Nc1cccc(F)c1)N1CCN([C@H]2CCCN(C)C2)CC1. The number of nitrogens with zero attached hydrogens (tertiary/aromatic N) is 3. The van der Waals surface area contributed by atoms with Gasteiger partial charge in [-0.2, -0.15) is 0 Å². The summed E-state index contributed by atoms with van der Waals surface area (Å²) in [6.45, 7) is 8.10. The third kappa shape index (κ3) is 4.77. The maximum atomic E-state index is 13.3. The molecule has 0 unspecified atom stereocenters. The molecule has 0 radical (unpaired) electrons. The second-order valence-electron chi connectivity index (χ2n) is 7.31. The molecule has 138 valence electrons. The van der Waals surface area contributed by atoms with Gasteiger partial charge in [-0.15, -0.1) is 0 Å². The predicted octanol–water partition coefficient (Wildman–Crippen LogP) is 1.86. The second kappa shape index (κ2) is 8.25. The Morgan fingerprint density at radius 3 is 2.68 bits per heavy atom. The number of rotatable bonds is 4. The van der Waals surface area contributed by atoms with E-state index in [0.717, 1.165) is 32.7 Å². The van der Waals surface area contributed by atoms with Gasteiger partial charge in [0.15, 0.2) is 0 Å². The summed E-state index contributed by atoms with van der Waals surface area (Å²) in [4.78, 5) is 19.7. The number of piperidine rings is 1. The summed E-state index contributed by atoms with van der Waals surface area (Å²) in [5.41, 5.74) is 0.515. The molecule has 2 fully saturated rings. The normalized spacial score (nSPS) is 24.8. The first-order chi connectivity index (χ1) is 12.0. The third-order valence-electron chi connectivity index (χ3n) is 5.48. The summed E-state index contributed by atoms with van der Waals surface area (Å²) in [5.74, 6) is -0.409. The smallest absolute Gasteiger partial charge is 0.241 e. The molecule has 0 spiro atoms. The van der Waals surface area contributed by atoms with Crippen LogP contribution in [0.4, 0.5) is 10.1 Å².